The van der Waals surface area contributed by atoms with E-state index >= 15 is 0 Å². The summed E-state index contributed by atoms with van der Waals surface area (Å²) in [6, 6.07) is -0.176. The van der Waals surface area contributed by atoms with Crippen LogP contribution in [0.5, 0.6) is 0 Å². The van der Waals surface area contributed by atoms with Crippen molar-refractivity contribution < 1.29 is 8.42 Å². The SMILES string of the molecule is CCCN(C)S(=O)(=O)CC(N)C1CC2CCC1C2. The maximum absolute atomic E-state index is 12.1. The molecule has 0 aliphatic heterocycles. The van der Waals surface area contributed by atoms with Gasteiger partial charge in [-0.2, -0.15) is 0 Å². The number of hydrogen-bond acceptors (Lipinski definition) is 3. The fourth-order valence-electron chi connectivity index (χ4n) is 3.77. The Morgan fingerprint density at radius 3 is 2.56 bits per heavy atom. The van der Waals surface area contributed by atoms with E-state index in [1.54, 1.807) is 7.05 Å². The maximum Gasteiger partial charge on any atom is 0.215 e. The highest BCUT2D eigenvalue weighted by Gasteiger charge is 2.43. The molecule has 106 valence electrons. The first-order chi connectivity index (χ1) is 8.44. The van der Waals surface area contributed by atoms with Gasteiger partial charge in [-0.3, -0.25) is 0 Å². The molecule has 2 saturated carbocycles. The minimum absolute atomic E-state index is 0.122. The Bertz CT molecular complexity index is 382. The van der Waals surface area contributed by atoms with Gasteiger partial charge < -0.3 is 5.73 Å². The second-order valence-corrected chi connectivity index (χ2v) is 8.22. The van der Waals surface area contributed by atoms with E-state index in [0.29, 0.717) is 18.4 Å². The van der Waals surface area contributed by atoms with Crippen molar-refractivity contribution in [2.24, 2.45) is 23.5 Å². The quantitative estimate of drug-likeness (QED) is 0.797. The second kappa shape index (κ2) is 5.47. The second-order valence-electron chi connectivity index (χ2n) is 6.10. The summed E-state index contributed by atoms with van der Waals surface area (Å²) in [6.45, 7) is 2.58. The molecule has 0 heterocycles. The summed E-state index contributed by atoms with van der Waals surface area (Å²) >= 11 is 0. The molecular formula is C13H26N2O2S. The third-order valence-corrected chi connectivity index (χ3v) is 6.70. The van der Waals surface area contributed by atoms with E-state index < -0.39 is 10.0 Å². The van der Waals surface area contributed by atoms with Crippen molar-refractivity contribution in [1.29, 1.82) is 0 Å². The topological polar surface area (TPSA) is 63.4 Å². The van der Waals surface area contributed by atoms with Crippen molar-refractivity contribution in [1.82, 2.24) is 4.31 Å². The van der Waals surface area contributed by atoms with Crippen molar-refractivity contribution in [3.05, 3.63) is 0 Å². The van der Waals surface area contributed by atoms with E-state index in [4.69, 9.17) is 5.73 Å². The van der Waals surface area contributed by atoms with E-state index in [0.717, 1.165) is 18.8 Å². The van der Waals surface area contributed by atoms with Crippen molar-refractivity contribution >= 4 is 10.0 Å². The summed E-state index contributed by atoms with van der Waals surface area (Å²) < 4.78 is 25.7. The minimum atomic E-state index is -3.17. The largest absolute Gasteiger partial charge is 0.326 e. The first kappa shape index (κ1) is 14.3. The zero-order valence-electron chi connectivity index (χ0n) is 11.5. The van der Waals surface area contributed by atoms with Gasteiger partial charge >= 0.3 is 0 Å². The zero-order chi connectivity index (χ0) is 13.3. The summed E-state index contributed by atoms with van der Waals surface area (Å²) in [5, 5.41) is 0. The molecule has 0 amide bonds. The van der Waals surface area contributed by atoms with E-state index in [1.165, 1.54) is 23.6 Å². The van der Waals surface area contributed by atoms with Gasteiger partial charge in [-0.25, -0.2) is 12.7 Å². The van der Waals surface area contributed by atoms with Crippen molar-refractivity contribution in [2.45, 2.75) is 45.1 Å². The molecule has 4 atom stereocenters. The van der Waals surface area contributed by atoms with Crippen molar-refractivity contribution in [3.63, 3.8) is 0 Å². The van der Waals surface area contributed by atoms with Gasteiger partial charge in [-0.05, 0) is 43.4 Å². The van der Waals surface area contributed by atoms with E-state index in [9.17, 15) is 8.42 Å². The Hall–Kier alpha value is -0.130. The highest BCUT2D eigenvalue weighted by Crippen LogP contribution is 2.49. The van der Waals surface area contributed by atoms with Gasteiger partial charge in [0.2, 0.25) is 10.0 Å². The van der Waals surface area contributed by atoms with E-state index in [1.807, 2.05) is 6.92 Å². The molecule has 2 bridgehead atoms. The smallest absolute Gasteiger partial charge is 0.215 e. The van der Waals surface area contributed by atoms with E-state index in [2.05, 4.69) is 0 Å². The van der Waals surface area contributed by atoms with Crippen LogP contribution in [-0.4, -0.2) is 38.1 Å². The van der Waals surface area contributed by atoms with Crippen LogP contribution in [0.4, 0.5) is 0 Å². The molecule has 2 fully saturated rings. The molecule has 4 nitrogen and oxygen atoms in total. The first-order valence-corrected chi connectivity index (χ1v) is 8.74. The van der Waals surface area contributed by atoms with Crippen LogP contribution < -0.4 is 5.73 Å². The Labute approximate surface area is 111 Å². The lowest BCUT2D eigenvalue weighted by Gasteiger charge is -2.28. The summed E-state index contributed by atoms with van der Waals surface area (Å²) in [5.41, 5.74) is 6.18. The lowest BCUT2D eigenvalue weighted by molar-refractivity contribution is 0.291. The average Bonchev–Trinajstić information content (AvgIpc) is 2.90. The van der Waals surface area contributed by atoms with Crippen LogP contribution in [0.1, 0.15) is 39.0 Å². The third-order valence-electron chi connectivity index (χ3n) is 4.76. The summed E-state index contributed by atoms with van der Waals surface area (Å²) in [4.78, 5) is 0. The predicted molar refractivity (Wildman–Crippen MR) is 73.6 cm³/mol. The third kappa shape index (κ3) is 2.89. The number of nitrogens with zero attached hydrogens (tertiary/aromatic N) is 1. The molecule has 4 unspecified atom stereocenters. The Kier molecular flexibility index (Phi) is 4.34. The van der Waals surface area contributed by atoms with Crippen LogP contribution in [0.15, 0.2) is 0 Å². The number of fused-ring (bicyclic) bond motifs is 2. The van der Waals surface area contributed by atoms with Crippen LogP contribution in [-0.2, 0) is 10.0 Å². The van der Waals surface area contributed by atoms with Crippen LogP contribution in [0, 0.1) is 17.8 Å². The highest BCUT2D eigenvalue weighted by molar-refractivity contribution is 7.89. The average molecular weight is 274 g/mol. The zero-order valence-corrected chi connectivity index (χ0v) is 12.3. The van der Waals surface area contributed by atoms with Gasteiger partial charge in [-0.15, -0.1) is 0 Å². The standard InChI is InChI=1S/C13H26N2O2S/c1-3-6-15(2)18(16,17)9-13(14)12-8-10-4-5-11(12)7-10/h10-13H,3-9,14H2,1-2H3. The van der Waals surface area contributed by atoms with E-state index in [-0.39, 0.29) is 11.8 Å². The van der Waals surface area contributed by atoms with Gasteiger partial charge in [0.1, 0.15) is 0 Å². The molecule has 0 aromatic heterocycles. The van der Waals surface area contributed by atoms with Gasteiger partial charge in [0.25, 0.3) is 0 Å². The molecule has 18 heavy (non-hydrogen) atoms. The van der Waals surface area contributed by atoms with Crippen LogP contribution in [0.25, 0.3) is 0 Å². The van der Waals surface area contributed by atoms with Crippen LogP contribution in [0.3, 0.4) is 0 Å². The molecule has 2 rings (SSSR count). The fraction of sp³-hybridized carbons (Fsp3) is 1.00. The normalized spacial score (nSPS) is 33.2. The molecule has 2 aliphatic carbocycles. The van der Waals surface area contributed by atoms with Crippen LogP contribution in [0.2, 0.25) is 0 Å². The molecule has 2 N–H and O–H groups in total. The van der Waals surface area contributed by atoms with Crippen molar-refractivity contribution in [3.8, 4) is 0 Å². The number of sulfonamides is 1. The molecule has 0 aromatic rings. The maximum atomic E-state index is 12.1. The summed E-state index contributed by atoms with van der Waals surface area (Å²) in [5.74, 6) is 2.07. The summed E-state index contributed by atoms with van der Waals surface area (Å²) in [6.07, 6.45) is 5.87. The van der Waals surface area contributed by atoms with Gasteiger partial charge in [0.15, 0.2) is 0 Å². The first-order valence-electron chi connectivity index (χ1n) is 7.13. The number of nitrogens with two attached hydrogens (primary N) is 1. The fourth-order valence-corrected chi connectivity index (χ4v) is 5.22. The van der Waals surface area contributed by atoms with Crippen molar-refractivity contribution in [2.75, 3.05) is 19.3 Å². The Balaban J connectivity index is 1.92. The van der Waals surface area contributed by atoms with Gasteiger partial charge in [0, 0.05) is 19.6 Å². The molecule has 0 spiro atoms. The number of hydrogen-bond donors (Lipinski definition) is 1. The molecule has 2 aliphatic rings. The monoisotopic (exact) mass is 274 g/mol. The molecular weight excluding hydrogens is 248 g/mol. The lowest BCUT2D eigenvalue weighted by Crippen LogP contribution is -2.43. The highest BCUT2D eigenvalue weighted by atomic mass is 32.2. The molecule has 0 aromatic carbocycles. The number of rotatable bonds is 6. The molecule has 0 radical (unpaired) electrons. The molecule has 5 heteroatoms. The lowest BCUT2D eigenvalue weighted by atomic mass is 9.84. The van der Waals surface area contributed by atoms with Gasteiger partial charge in [0.05, 0.1) is 5.75 Å². The Morgan fingerprint density at radius 2 is 2.06 bits per heavy atom. The minimum Gasteiger partial charge on any atom is -0.326 e. The van der Waals surface area contributed by atoms with Gasteiger partial charge in [-0.1, -0.05) is 13.3 Å². The van der Waals surface area contributed by atoms with Crippen LogP contribution >= 0.6 is 0 Å². The molecule has 0 saturated heterocycles. The Morgan fingerprint density at radius 1 is 1.33 bits per heavy atom. The summed E-state index contributed by atoms with van der Waals surface area (Å²) in [7, 11) is -1.51. The predicted octanol–water partition coefficient (Wildman–Crippen LogP) is 1.42.